The monoisotopic (exact) mass is 527 g/mol. The van der Waals surface area contributed by atoms with Gasteiger partial charge in [-0.05, 0) is 69.7 Å². The predicted molar refractivity (Wildman–Crippen MR) is 149 cm³/mol. The fourth-order valence-electron chi connectivity index (χ4n) is 5.42. The Labute approximate surface area is 225 Å². The van der Waals surface area contributed by atoms with E-state index >= 15 is 0 Å². The molecule has 7 heteroatoms. The Hall–Kier alpha value is -2.90. The molecule has 0 spiro atoms. The van der Waals surface area contributed by atoms with Gasteiger partial charge in [-0.15, -0.1) is 0 Å². The van der Waals surface area contributed by atoms with Crippen LogP contribution in [0.5, 0.6) is 0 Å². The third-order valence-electron chi connectivity index (χ3n) is 6.72. The normalized spacial score (nSPS) is 12.5. The van der Waals surface area contributed by atoms with E-state index in [1.807, 2.05) is 43.3 Å². The number of rotatable bonds is 12. The van der Waals surface area contributed by atoms with Gasteiger partial charge in [-0.1, -0.05) is 62.4 Å². The van der Waals surface area contributed by atoms with Crippen molar-refractivity contribution in [2.75, 3.05) is 40.8 Å². The van der Waals surface area contributed by atoms with Gasteiger partial charge in [-0.25, -0.2) is 0 Å². The molecule has 206 valence electrons. The highest BCUT2D eigenvalue weighted by Gasteiger charge is 2.30. The molecule has 1 aromatic heterocycles. The molecule has 0 amide bonds. The molecule has 0 radical (unpaired) electrons. The molecule has 0 saturated heterocycles. The summed E-state index contributed by atoms with van der Waals surface area (Å²) in [5, 5.41) is 0. The van der Waals surface area contributed by atoms with Crippen LogP contribution < -0.4 is 0 Å². The average molecular weight is 528 g/mol. The molecular formula is C31H40F3N3O. The summed E-state index contributed by atoms with van der Waals surface area (Å²) >= 11 is 0. The maximum absolute atomic E-state index is 13.3. The van der Waals surface area contributed by atoms with E-state index in [4.69, 9.17) is 0 Å². The van der Waals surface area contributed by atoms with Gasteiger partial charge in [0.25, 0.3) is 0 Å². The van der Waals surface area contributed by atoms with Crippen LogP contribution in [0.25, 0.3) is 11.3 Å². The molecule has 38 heavy (non-hydrogen) atoms. The summed E-state index contributed by atoms with van der Waals surface area (Å²) in [5.74, 6) is -0.180. The summed E-state index contributed by atoms with van der Waals surface area (Å²) in [5.41, 5.74) is 3.15. The highest BCUT2D eigenvalue weighted by Crippen LogP contribution is 2.31. The lowest BCUT2D eigenvalue weighted by molar-refractivity contribution is -0.137. The molecule has 0 saturated carbocycles. The number of hydrogen-bond acceptors (Lipinski definition) is 3. The Morgan fingerprint density at radius 2 is 1.61 bits per heavy atom. The van der Waals surface area contributed by atoms with E-state index in [-0.39, 0.29) is 17.6 Å². The number of ketones is 1. The second-order valence-electron chi connectivity index (χ2n) is 11.3. The molecule has 0 atom stereocenters. The Balaban J connectivity index is 1.80. The van der Waals surface area contributed by atoms with Crippen LogP contribution in [0.3, 0.4) is 0 Å². The van der Waals surface area contributed by atoms with E-state index < -0.39 is 11.7 Å². The van der Waals surface area contributed by atoms with Crippen LogP contribution in [0.15, 0.2) is 60.7 Å². The smallest absolute Gasteiger partial charge is 0.344 e. The molecular weight excluding hydrogens is 487 g/mol. The number of halogens is 3. The molecule has 3 aromatic rings. The predicted octanol–water partition coefficient (Wildman–Crippen LogP) is 6.82. The lowest BCUT2D eigenvalue weighted by Crippen LogP contribution is -2.39. The zero-order valence-corrected chi connectivity index (χ0v) is 23.4. The van der Waals surface area contributed by atoms with E-state index in [0.717, 1.165) is 61.7 Å². The highest BCUT2D eigenvalue weighted by atomic mass is 19.4. The van der Waals surface area contributed by atoms with Crippen LogP contribution in [-0.4, -0.2) is 60.9 Å². The fraction of sp³-hybridized carbons (Fsp3) is 0.452. The van der Waals surface area contributed by atoms with Crippen molar-refractivity contribution in [2.45, 2.75) is 46.3 Å². The van der Waals surface area contributed by atoms with Crippen LogP contribution >= 0.6 is 0 Å². The van der Waals surface area contributed by atoms with E-state index in [1.54, 1.807) is 6.07 Å². The first kappa shape index (κ1) is 29.7. The van der Waals surface area contributed by atoms with Crippen molar-refractivity contribution >= 4 is 5.78 Å². The maximum Gasteiger partial charge on any atom is 0.416 e. The molecule has 0 aliphatic rings. The number of carbonyl (C=O) groups excluding carboxylic acids is 1. The quantitative estimate of drug-likeness (QED) is 0.242. The fourth-order valence-corrected chi connectivity index (χ4v) is 5.42. The Bertz CT molecular complexity index is 1210. The minimum absolute atomic E-state index is 0.0767. The van der Waals surface area contributed by atoms with Gasteiger partial charge in [0, 0.05) is 43.0 Å². The summed E-state index contributed by atoms with van der Waals surface area (Å²) in [7, 11) is 6.32. The van der Waals surface area contributed by atoms with Crippen molar-refractivity contribution in [3.8, 4) is 11.3 Å². The van der Waals surface area contributed by atoms with E-state index in [1.165, 1.54) is 6.07 Å². The van der Waals surface area contributed by atoms with Crippen molar-refractivity contribution in [1.29, 1.82) is 0 Å². The molecule has 0 aliphatic carbocycles. The summed E-state index contributed by atoms with van der Waals surface area (Å²) in [6.45, 7) is 10.1. The van der Waals surface area contributed by atoms with E-state index in [0.29, 0.717) is 11.1 Å². The molecule has 1 heterocycles. The lowest BCUT2D eigenvalue weighted by Gasteiger charge is -2.32. The summed E-state index contributed by atoms with van der Waals surface area (Å²) in [6, 6.07) is 16.8. The average Bonchev–Trinajstić information content (AvgIpc) is 3.14. The third-order valence-corrected chi connectivity index (χ3v) is 6.72. The minimum atomic E-state index is -4.44. The topological polar surface area (TPSA) is 28.5 Å². The van der Waals surface area contributed by atoms with Crippen LogP contribution in [0.4, 0.5) is 13.2 Å². The second-order valence-corrected chi connectivity index (χ2v) is 11.3. The first-order valence-electron chi connectivity index (χ1n) is 13.0. The zero-order valence-electron chi connectivity index (χ0n) is 23.4. The molecule has 0 unspecified atom stereocenters. The zero-order chi connectivity index (χ0) is 28.1. The van der Waals surface area contributed by atoms with Crippen molar-refractivity contribution in [3.63, 3.8) is 0 Å². The number of Topliss-reactive ketones (excluding diaryl/α,β-unsaturated/α-hetero) is 1. The molecule has 0 aliphatic heterocycles. The SMILES string of the molecule is Cc1c(C(=O)Cc2cccc(C(F)(F)F)c2)cc(-c2ccccc2)n1CCCN(C)CC(C)(C)CN(C)C. The second kappa shape index (κ2) is 12.3. The molecule has 0 bridgehead atoms. The van der Waals surface area contributed by atoms with E-state index in [9.17, 15) is 18.0 Å². The van der Waals surface area contributed by atoms with Crippen LogP contribution in [0.2, 0.25) is 0 Å². The molecule has 3 rings (SSSR count). The molecule has 0 fully saturated rings. The van der Waals surface area contributed by atoms with Gasteiger partial charge >= 0.3 is 6.18 Å². The highest BCUT2D eigenvalue weighted by molar-refractivity contribution is 6.00. The number of nitrogens with zero attached hydrogens (tertiary/aromatic N) is 3. The maximum atomic E-state index is 13.3. The van der Waals surface area contributed by atoms with Gasteiger partial charge in [0.05, 0.1) is 5.56 Å². The first-order valence-corrected chi connectivity index (χ1v) is 13.0. The molecule has 4 nitrogen and oxygen atoms in total. The largest absolute Gasteiger partial charge is 0.416 e. The van der Waals surface area contributed by atoms with Crippen molar-refractivity contribution in [2.24, 2.45) is 5.41 Å². The standard InChI is InChI=1S/C31H40F3N3O/c1-23-27(29(38)19-24-12-10-15-26(18-24)31(32,33)34)20-28(25-13-8-7-9-14-25)37(23)17-11-16-36(6)22-30(2,3)21-35(4)5/h7-10,12-15,18,20H,11,16-17,19,21-22H2,1-6H3. The summed E-state index contributed by atoms with van der Waals surface area (Å²) < 4.78 is 41.7. The van der Waals surface area contributed by atoms with Crippen LogP contribution in [0.1, 0.15) is 47.4 Å². The number of alkyl halides is 3. The Kier molecular flexibility index (Phi) is 9.60. The van der Waals surface area contributed by atoms with Gasteiger partial charge in [-0.3, -0.25) is 4.79 Å². The van der Waals surface area contributed by atoms with Gasteiger partial charge in [0.15, 0.2) is 5.78 Å². The molecule has 2 aromatic carbocycles. The van der Waals surface area contributed by atoms with Crippen LogP contribution in [-0.2, 0) is 19.1 Å². The first-order chi connectivity index (χ1) is 17.8. The Morgan fingerprint density at radius 1 is 0.921 bits per heavy atom. The summed E-state index contributed by atoms with van der Waals surface area (Å²) in [4.78, 5) is 17.9. The number of carbonyl (C=O) groups is 1. The number of aromatic nitrogens is 1. The van der Waals surface area contributed by atoms with Crippen molar-refractivity contribution in [3.05, 3.63) is 83.0 Å². The third kappa shape index (κ3) is 8.05. The summed E-state index contributed by atoms with van der Waals surface area (Å²) in [6.07, 6.45) is -3.61. The lowest BCUT2D eigenvalue weighted by atomic mass is 9.92. The van der Waals surface area contributed by atoms with Crippen molar-refractivity contribution < 1.29 is 18.0 Å². The van der Waals surface area contributed by atoms with Crippen molar-refractivity contribution in [1.82, 2.24) is 14.4 Å². The molecule has 0 N–H and O–H groups in total. The number of hydrogen-bond donors (Lipinski definition) is 0. The van der Waals surface area contributed by atoms with E-state index in [2.05, 4.69) is 49.4 Å². The van der Waals surface area contributed by atoms with Crippen LogP contribution in [0, 0.1) is 12.3 Å². The Morgan fingerprint density at radius 3 is 2.24 bits per heavy atom. The van der Waals surface area contributed by atoms with Gasteiger partial charge < -0.3 is 14.4 Å². The number of benzene rings is 2. The minimum Gasteiger partial charge on any atom is -0.344 e. The van der Waals surface area contributed by atoms with Gasteiger partial charge in [0.2, 0.25) is 0 Å². The van der Waals surface area contributed by atoms with Gasteiger partial charge in [-0.2, -0.15) is 13.2 Å². The van der Waals surface area contributed by atoms with Gasteiger partial charge in [0.1, 0.15) is 0 Å².